The molecule has 0 atom stereocenters. The molecule has 0 unspecified atom stereocenters. The summed E-state index contributed by atoms with van der Waals surface area (Å²) in [5.41, 5.74) is 0.887. The zero-order valence-electron chi connectivity index (χ0n) is 9.84. The molecule has 0 saturated carbocycles. The van der Waals surface area contributed by atoms with Crippen LogP contribution in [0.25, 0.3) is 43.3 Å². The molecule has 90 valence electrons. The molecule has 0 radical (unpaired) electrons. The van der Waals surface area contributed by atoms with Crippen LogP contribution < -0.4 is 0 Å². The average molecular weight is 248 g/mol. The molecule has 0 aliphatic carbocycles. The summed E-state index contributed by atoms with van der Waals surface area (Å²) in [6.07, 6.45) is 8.83. The molecule has 3 heteroatoms. The fourth-order valence-corrected chi connectivity index (χ4v) is 2.97. The lowest BCUT2D eigenvalue weighted by molar-refractivity contribution is 0.570. The first-order valence-corrected chi connectivity index (χ1v) is 6.07. The van der Waals surface area contributed by atoms with Crippen LogP contribution in [-0.4, -0.2) is 0 Å². The third-order valence-corrected chi connectivity index (χ3v) is 3.81. The Balaban J connectivity index is 2.30. The van der Waals surface area contributed by atoms with Crippen molar-refractivity contribution < 1.29 is 13.3 Å². The predicted molar refractivity (Wildman–Crippen MR) is 73.3 cm³/mol. The van der Waals surface area contributed by atoms with Gasteiger partial charge in [0.15, 0.2) is 0 Å². The summed E-state index contributed by atoms with van der Waals surface area (Å²) >= 11 is 0. The van der Waals surface area contributed by atoms with Gasteiger partial charge in [0.2, 0.25) is 0 Å². The number of fused-ring (bicyclic) bond motifs is 8. The first-order valence-electron chi connectivity index (χ1n) is 6.07. The van der Waals surface area contributed by atoms with Crippen molar-refractivity contribution >= 4 is 43.3 Å². The molecule has 2 aromatic carbocycles. The van der Waals surface area contributed by atoms with Crippen LogP contribution in [0.15, 0.2) is 62.8 Å². The average Bonchev–Trinajstić information content (AvgIpc) is 3.17. The Morgan fingerprint density at radius 3 is 2.11 bits per heavy atom. The van der Waals surface area contributed by atoms with Gasteiger partial charge in [-0.15, -0.1) is 0 Å². The predicted octanol–water partition coefficient (Wildman–Crippen LogP) is 5.08. The zero-order chi connectivity index (χ0) is 12.4. The highest BCUT2D eigenvalue weighted by molar-refractivity contribution is 6.30. The highest BCUT2D eigenvalue weighted by Crippen LogP contribution is 2.39. The van der Waals surface area contributed by atoms with Crippen LogP contribution in [0.1, 0.15) is 0 Å². The van der Waals surface area contributed by atoms with Crippen molar-refractivity contribution in [2.45, 2.75) is 0 Å². The highest BCUT2D eigenvalue weighted by atomic mass is 16.3. The van der Waals surface area contributed by atoms with Crippen LogP contribution in [-0.2, 0) is 0 Å². The van der Waals surface area contributed by atoms with Crippen LogP contribution in [0.4, 0.5) is 0 Å². The number of furan rings is 3. The summed E-state index contributed by atoms with van der Waals surface area (Å²) in [4.78, 5) is 0. The maximum absolute atomic E-state index is 5.49. The summed E-state index contributed by atoms with van der Waals surface area (Å²) in [6.45, 7) is 0. The Hall–Kier alpha value is -2.68. The second-order valence-corrected chi connectivity index (χ2v) is 4.72. The summed E-state index contributed by atoms with van der Waals surface area (Å²) < 4.78 is 16.3. The Bertz CT molecular complexity index is 1060. The molecule has 0 saturated heterocycles. The third kappa shape index (κ3) is 0.993. The van der Waals surface area contributed by atoms with Gasteiger partial charge in [0.25, 0.3) is 0 Å². The van der Waals surface area contributed by atoms with Crippen LogP contribution in [0.5, 0.6) is 0 Å². The summed E-state index contributed by atoms with van der Waals surface area (Å²) in [7, 11) is 0. The van der Waals surface area contributed by atoms with E-state index >= 15 is 0 Å². The molecule has 0 bridgehead atoms. The maximum atomic E-state index is 5.49. The topological polar surface area (TPSA) is 39.4 Å². The first kappa shape index (κ1) is 9.28. The first-order chi connectivity index (χ1) is 9.43. The molecule has 3 nitrogen and oxygen atoms in total. The van der Waals surface area contributed by atoms with Crippen molar-refractivity contribution in [2.24, 2.45) is 0 Å². The van der Waals surface area contributed by atoms with Crippen molar-refractivity contribution in [3.8, 4) is 0 Å². The lowest BCUT2D eigenvalue weighted by Gasteiger charge is -2.03. The molecular weight excluding hydrogens is 240 g/mol. The van der Waals surface area contributed by atoms with Gasteiger partial charge in [-0.25, -0.2) is 0 Å². The van der Waals surface area contributed by atoms with E-state index in [1.807, 2.05) is 12.1 Å². The van der Waals surface area contributed by atoms with E-state index in [0.717, 1.165) is 43.3 Å². The van der Waals surface area contributed by atoms with Crippen LogP contribution in [0.3, 0.4) is 0 Å². The summed E-state index contributed by atoms with van der Waals surface area (Å²) in [6, 6.07) is 6.07. The molecule has 0 N–H and O–H groups in total. The third-order valence-electron chi connectivity index (χ3n) is 3.81. The maximum Gasteiger partial charge on any atom is 0.134 e. The Morgan fingerprint density at radius 1 is 0.579 bits per heavy atom. The SMILES string of the molecule is c1cc2c(ccc3c4cocc4c4cocc4c23)o1. The molecule has 5 rings (SSSR count). The molecule has 0 spiro atoms. The van der Waals surface area contributed by atoms with Gasteiger partial charge in [0.1, 0.15) is 5.58 Å². The van der Waals surface area contributed by atoms with Crippen molar-refractivity contribution in [2.75, 3.05) is 0 Å². The van der Waals surface area contributed by atoms with Gasteiger partial charge in [-0.3, -0.25) is 0 Å². The number of hydrogen-bond donors (Lipinski definition) is 0. The van der Waals surface area contributed by atoms with Crippen molar-refractivity contribution in [3.05, 3.63) is 49.5 Å². The van der Waals surface area contributed by atoms with Crippen LogP contribution in [0, 0.1) is 0 Å². The second kappa shape index (κ2) is 3.01. The lowest BCUT2D eigenvalue weighted by Crippen LogP contribution is -1.77. The second-order valence-electron chi connectivity index (χ2n) is 4.72. The van der Waals surface area contributed by atoms with Crippen molar-refractivity contribution in [1.29, 1.82) is 0 Å². The number of benzene rings is 2. The highest BCUT2D eigenvalue weighted by Gasteiger charge is 2.14. The van der Waals surface area contributed by atoms with Gasteiger partial charge in [0, 0.05) is 32.3 Å². The summed E-state index contributed by atoms with van der Waals surface area (Å²) in [5.74, 6) is 0. The van der Waals surface area contributed by atoms with Crippen LogP contribution >= 0.6 is 0 Å². The lowest BCUT2D eigenvalue weighted by atomic mass is 9.97. The van der Waals surface area contributed by atoms with E-state index in [-0.39, 0.29) is 0 Å². The monoisotopic (exact) mass is 248 g/mol. The molecule has 5 aromatic rings. The molecule has 0 aliphatic heterocycles. The van der Waals surface area contributed by atoms with Crippen molar-refractivity contribution in [1.82, 2.24) is 0 Å². The van der Waals surface area contributed by atoms with Crippen molar-refractivity contribution in [3.63, 3.8) is 0 Å². The normalized spacial score (nSPS) is 12.2. The number of hydrogen-bond acceptors (Lipinski definition) is 3. The minimum Gasteiger partial charge on any atom is -0.471 e. The minimum absolute atomic E-state index is 0.887. The Labute approximate surface area is 107 Å². The smallest absolute Gasteiger partial charge is 0.134 e. The Kier molecular flexibility index (Phi) is 1.47. The van der Waals surface area contributed by atoms with E-state index < -0.39 is 0 Å². The van der Waals surface area contributed by atoms with Gasteiger partial charge in [-0.05, 0) is 23.6 Å². The van der Waals surface area contributed by atoms with E-state index in [0.29, 0.717) is 0 Å². The van der Waals surface area contributed by atoms with E-state index in [4.69, 9.17) is 13.3 Å². The molecule has 19 heavy (non-hydrogen) atoms. The van der Waals surface area contributed by atoms with E-state index in [2.05, 4.69) is 6.07 Å². The van der Waals surface area contributed by atoms with Gasteiger partial charge < -0.3 is 13.3 Å². The number of rotatable bonds is 0. The molecule has 3 heterocycles. The fourth-order valence-electron chi connectivity index (χ4n) is 2.97. The quantitative estimate of drug-likeness (QED) is 0.383. The molecule has 0 fully saturated rings. The fraction of sp³-hybridized carbons (Fsp3) is 0. The summed E-state index contributed by atoms with van der Waals surface area (Å²) in [5, 5.41) is 7.77. The molecule has 0 aliphatic rings. The van der Waals surface area contributed by atoms with Gasteiger partial charge >= 0.3 is 0 Å². The molecule has 0 amide bonds. The van der Waals surface area contributed by atoms with Crippen LogP contribution in [0.2, 0.25) is 0 Å². The van der Waals surface area contributed by atoms with Gasteiger partial charge in [0.05, 0.1) is 31.3 Å². The standard InChI is InChI=1S/C16H8O3/c1-2-15-10(3-4-19-15)16-9(1)11-5-17-6-12(11)13-7-18-8-14(13)16/h1-8H. The zero-order valence-corrected chi connectivity index (χ0v) is 9.84. The Morgan fingerprint density at radius 2 is 1.26 bits per heavy atom. The van der Waals surface area contributed by atoms with E-state index in [1.165, 1.54) is 0 Å². The minimum atomic E-state index is 0.887. The molecule has 3 aromatic heterocycles. The molecular formula is C16H8O3. The van der Waals surface area contributed by atoms with E-state index in [1.54, 1.807) is 31.3 Å². The van der Waals surface area contributed by atoms with E-state index in [9.17, 15) is 0 Å². The van der Waals surface area contributed by atoms with Gasteiger partial charge in [-0.2, -0.15) is 0 Å². The van der Waals surface area contributed by atoms with Gasteiger partial charge in [-0.1, -0.05) is 0 Å². The largest absolute Gasteiger partial charge is 0.471 e.